The molecule has 4 heavy (non-hydrogen) atoms. The standard InChI is InChI=1S/H3O2PSi/c1-3(2)4/h4H3. The van der Waals surface area contributed by atoms with Crippen molar-refractivity contribution in [3.8, 4) is 0 Å². The first kappa shape index (κ1) is 4.12. The molecule has 0 fully saturated rings. The lowest BCUT2D eigenvalue weighted by atomic mass is 15.9. The summed E-state index contributed by atoms with van der Waals surface area (Å²) in [7, 11) is -1.68. The van der Waals surface area contributed by atoms with Crippen molar-refractivity contribution < 1.29 is 9.13 Å². The maximum Gasteiger partial charge on any atom is 0.266 e. The van der Waals surface area contributed by atoms with Crippen LogP contribution in [-0.4, -0.2) is 9.91 Å². The molecule has 24 valence electrons. The van der Waals surface area contributed by atoms with Gasteiger partial charge in [0, 0.05) is 0 Å². The molecule has 0 amide bonds. The van der Waals surface area contributed by atoms with Gasteiger partial charge in [-0.3, -0.25) is 0 Å². The van der Waals surface area contributed by atoms with Gasteiger partial charge in [0.2, 0.25) is 0 Å². The smallest absolute Gasteiger partial charge is 0.246 e. The molecule has 0 heterocycles. The van der Waals surface area contributed by atoms with Crippen LogP contribution in [0.2, 0.25) is 0 Å². The van der Waals surface area contributed by atoms with Crippen LogP contribution in [0.5, 0.6) is 0 Å². The van der Waals surface area contributed by atoms with E-state index in [4.69, 9.17) is 9.13 Å². The predicted molar refractivity (Wildman–Crippen MR) is 18.2 cm³/mol. The first-order valence-electron chi connectivity index (χ1n) is 0.812. The van der Waals surface area contributed by atoms with Crippen molar-refractivity contribution in [2.75, 3.05) is 0 Å². The normalized spacial score (nSPS) is 7.00. The first-order chi connectivity index (χ1) is 1.73. The Balaban J connectivity index is 3.51. The number of rotatable bonds is 0. The highest BCUT2D eigenvalue weighted by Crippen LogP contribution is 1.83. The van der Waals surface area contributed by atoms with Gasteiger partial charge in [0.1, 0.15) is 0 Å². The molecular weight excluding hydrogens is 91.1 g/mol. The fraction of sp³-hybridized carbons (Fsp3) is 0. The number of hydrogen-bond donors (Lipinski definition) is 0. The minimum atomic E-state index is -1.98. The van der Waals surface area contributed by atoms with Gasteiger partial charge in [0.15, 0.2) is 9.91 Å². The van der Waals surface area contributed by atoms with Crippen molar-refractivity contribution in [1.82, 2.24) is 0 Å². The molecule has 0 aromatic carbocycles. The average Bonchev–Trinajstić information content (AvgIpc) is 0.811. The van der Waals surface area contributed by atoms with E-state index in [-0.39, 0.29) is 0 Å². The summed E-state index contributed by atoms with van der Waals surface area (Å²) >= 11 is 0. The average molecular weight is 94.1 g/mol. The molecule has 0 radical (unpaired) electrons. The largest absolute Gasteiger partial charge is 0.266 e. The van der Waals surface area contributed by atoms with E-state index in [2.05, 4.69) is 0 Å². The molecule has 0 saturated carbocycles. The summed E-state index contributed by atoms with van der Waals surface area (Å²) in [4.78, 5) is 0. The minimum absolute atomic E-state index is 0.302. The van der Waals surface area contributed by atoms with Crippen molar-refractivity contribution >= 4 is 17.1 Å². The van der Waals surface area contributed by atoms with Gasteiger partial charge in [-0.05, 0) is 0 Å². The predicted octanol–water partition coefficient (Wildman–Crippen LogP) is -0.560. The highest BCUT2D eigenvalue weighted by molar-refractivity contribution is 7.61. The van der Waals surface area contributed by atoms with Crippen LogP contribution in [0.4, 0.5) is 0 Å². The minimum Gasteiger partial charge on any atom is -0.246 e. The van der Waals surface area contributed by atoms with E-state index in [1.807, 2.05) is 0 Å². The van der Waals surface area contributed by atoms with Crippen LogP contribution in [0.1, 0.15) is 0 Å². The highest BCUT2D eigenvalue weighted by atomic mass is 31.3. The second kappa shape index (κ2) is 1.44. The highest BCUT2D eigenvalue weighted by Gasteiger charge is 1.55. The van der Waals surface area contributed by atoms with Gasteiger partial charge in [-0.15, -0.1) is 0 Å². The zero-order chi connectivity index (χ0) is 3.58. The third-order valence-corrected chi connectivity index (χ3v) is 0. The van der Waals surface area contributed by atoms with Crippen molar-refractivity contribution in [3.05, 3.63) is 0 Å². The Bertz CT molecular complexity index is 54.4. The fourth-order valence-corrected chi connectivity index (χ4v) is 0. The Morgan fingerprint density at radius 2 is 1.50 bits per heavy atom. The van der Waals surface area contributed by atoms with Gasteiger partial charge in [-0.1, -0.05) is 0 Å². The van der Waals surface area contributed by atoms with Gasteiger partial charge in [0.05, 0.1) is 0 Å². The monoisotopic (exact) mass is 94.0 g/mol. The molecule has 0 aliphatic carbocycles. The lowest BCUT2D eigenvalue weighted by Gasteiger charge is -1.33. The van der Waals surface area contributed by atoms with E-state index in [1.54, 1.807) is 0 Å². The zero-order valence-electron chi connectivity index (χ0n) is 2.26. The molecule has 0 spiro atoms. The van der Waals surface area contributed by atoms with Gasteiger partial charge < -0.3 is 0 Å². The molecule has 4 heteroatoms. The summed E-state index contributed by atoms with van der Waals surface area (Å²) in [6.07, 6.45) is 0. The van der Waals surface area contributed by atoms with Crippen molar-refractivity contribution in [3.63, 3.8) is 0 Å². The molecule has 0 atom stereocenters. The Labute approximate surface area is 27.3 Å². The lowest BCUT2D eigenvalue weighted by molar-refractivity contribution is 0.526. The molecule has 0 aliphatic rings. The van der Waals surface area contributed by atoms with Crippen molar-refractivity contribution in [2.24, 2.45) is 0 Å². The lowest BCUT2D eigenvalue weighted by Crippen LogP contribution is -1.22. The fourth-order valence-electron chi connectivity index (χ4n) is 0. The van der Waals surface area contributed by atoms with Crippen LogP contribution in [-0.2, 0) is 9.13 Å². The molecule has 0 aromatic rings. The van der Waals surface area contributed by atoms with Crippen LogP contribution in [0.3, 0.4) is 0 Å². The maximum absolute atomic E-state index is 9.10. The maximum atomic E-state index is 9.10. The zero-order valence-corrected chi connectivity index (χ0v) is 5.16. The van der Waals surface area contributed by atoms with E-state index in [1.165, 1.54) is 0 Å². The van der Waals surface area contributed by atoms with E-state index >= 15 is 0 Å². The third kappa shape index (κ3) is 193. The molecule has 0 aromatic heterocycles. The summed E-state index contributed by atoms with van der Waals surface area (Å²) in [5, 5.41) is 0. The van der Waals surface area contributed by atoms with E-state index in [9.17, 15) is 0 Å². The molecule has 0 N–H and O–H groups in total. The van der Waals surface area contributed by atoms with E-state index in [0.29, 0.717) is 9.91 Å². The molecular formula is H3O2PSi. The van der Waals surface area contributed by atoms with Crippen LogP contribution < -0.4 is 0 Å². The van der Waals surface area contributed by atoms with Crippen LogP contribution in [0, 0.1) is 0 Å². The second-order valence-electron chi connectivity index (χ2n) is 0.440. The summed E-state index contributed by atoms with van der Waals surface area (Å²) in [6, 6.07) is 0. The third-order valence-electron chi connectivity index (χ3n) is 0. The summed E-state index contributed by atoms with van der Waals surface area (Å²) in [6.45, 7) is 0. The molecule has 2 nitrogen and oxygen atoms in total. The van der Waals surface area contributed by atoms with Crippen molar-refractivity contribution in [2.45, 2.75) is 0 Å². The quantitative estimate of drug-likeness (QED) is 0.298. The summed E-state index contributed by atoms with van der Waals surface area (Å²) in [5.41, 5.74) is 0. The Morgan fingerprint density at radius 1 is 1.50 bits per heavy atom. The summed E-state index contributed by atoms with van der Waals surface area (Å²) < 4.78 is 18.2. The van der Waals surface area contributed by atoms with Gasteiger partial charge in [-0.25, -0.2) is 9.13 Å². The molecule has 0 unspecified atom stereocenters. The Kier molecular flexibility index (Phi) is 1.48. The first-order valence-corrected chi connectivity index (χ1v) is 5.12. The SMILES string of the molecule is O=P(=O)[SiH3]. The topological polar surface area (TPSA) is 34.1 Å². The van der Waals surface area contributed by atoms with Crippen LogP contribution in [0.15, 0.2) is 0 Å². The van der Waals surface area contributed by atoms with Gasteiger partial charge >= 0.3 is 0 Å². The second-order valence-corrected chi connectivity index (χ2v) is 3.51. The molecule has 0 bridgehead atoms. The molecule has 0 aliphatic heterocycles. The molecule has 0 rings (SSSR count). The molecule has 0 saturated heterocycles. The van der Waals surface area contributed by atoms with E-state index in [0.717, 1.165) is 0 Å². The Hall–Kier alpha value is 0.117. The number of hydrogen-bond acceptors (Lipinski definition) is 2. The summed E-state index contributed by atoms with van der Waals surface area (Å²) in [5.74, 6) is 0. The van der Waals surface area contributed by atoms with Crippen LogP contribution >= 0.6 is 7.23 Å². The Morgan fingerprint density at radius 3 is 1.50 bits per heavy atom. The van der Waals surface area contributed by atoms with Gasteiger partial charge in [-0.2, -0.15) is 0 Å². The van der Waals surface area contributed by atoms with Crippen LogP contribution in [0.25, 0.3) is 0 Å². The van der Waals surface area contributed by atoms with Gasteiger partial charge in [0.25, 0.3) is 7.23 Å². The van der Waals surface area contributed by atoms with E-state index < -0.39 is 7.23 Å². The van der Waals surface area contributed by atoms with Crippen molar-refractivity contribution in [1.29, 1.82) is 0 Å².